The van der Waals surface area contributed by atoms with Crippen LogP contribution in [0.2, 0.25) is 0 Å². The van der Waals surface area contributed by atoms with Gasteiger partial charge in [-0.05, 0) is 23.8 Å². The average molecular weight is 345 g/mol. The smallest absolute Gasteiger partial charge is 0.266 e. The molecule has 0 radical (unpaired) electrons. The zero-order chi connectivity index (χ0) is 17.3. The number of ketones is 1. The van der Waals surface area contributed by atoms with Crippen LogP contribution >= 0.6 is 11.3 Å². The summed E-state index contributed by atoms with van der Waals surface area (Å²) in [4.78, 5) is 26.9. The summed E-state index contributed by atoms with van der Waals surface area (Å²) >= 11 is 1.26. The van der Waals surface area contributed by atoms with E-state index in [1.54, 1.807) is 6.08 Å². The maximum absolute atomic E-state index is 12.1. The highest BCUT2D eigenvalue weighted by Gasteiger charge is 2.18. The molecule has 24 heavy (non-hydrogen) atoms. The molecule has 1 aromatic heterocycles. The van der Waals surface area contributed by atoms with Crippen molar-refractivity contribution in [2.45, 2.75) is 20.8 Å². The summed E-state index contributed by atoms with van der Waals surface area (Å²) in [5.74, 6) is 1.37. The number of hydrogen-bond acceptors (Lipinski definition) is 5. The van der Waals surface area contributed by atoms with E-state index in [0.717, 1.165) is 5.56 Å². The Balaban J connectivity index is 1.99. The summed E-state index contributed by atoms with van der Waals surface area (Å²) in [5.41, 5.74) is 0.170. The van der Waals surface area contributed by atoms with Gasteiger partial charge < -0.3 is 14.5 Å². The fraction of sp³-hybridized carbons (Fsp3) is 0.333. The molecular weight excluding hydrogens is 326 g/mol. The van der Waals surface area contributed by atoms with E-state index >= 15 is 0 Å². The van der Waals surface area contributed by atoms with Gasteiger partial charge in [0.15, 0.2) is 17.3 Å². The Hall–Kier alpha value is -2.34. The lowest BCUT2D eigenvalue weighted by Crippen LogP contribution is -2.22. The molecule has 3 rings (SSSR count). The van der Waals surface area contributed by atoms with Crippen LogP contribution in [0.5, 0.6) is 11.5 Å². The lowest BCUT2D eigenvalue weighted by atomic mass is 9.91. The molecule has 6 heteroatoms. The number of carbonyl (C=O) groups is 1. The normalized spacial score (nSPS) is 15.6. The number of aromatic nitrogens is 1. The van der Waals surface area contributed by atoms with Crippen LogP contribution in [-0.4, -0.2) is 24.0 Å². The van der Waals surface area contributed by atoms with Gasteiger partial charge in [0.05, 0.1) is 9.20 Å². The molecule has 0 spiro atoms. The van der Waals surface area contributed by atoms with Crippen LogP contribution in [0.15, 0.2) is 23.0 Å². The van der Waals surface area contributed by atoms with Crippen molar-refractivity contribution in [3.63, 3.8) is 0 Å². The first-order valence-electron chi connectivity index (χ1n) is 7.69. The molecule has 2 aromatic rings. The molecule has 0 unspecified atom stereocenters. The molecule has 0 aliphatic carbocycles. The molecule has 0 bridgehead atoms. The number of benzene rings is 1. The third kappa shape index (κ3) is 3.59. The number of H-pyrrole nitrogens is 1. The first-order valence-corrected chi connectivity index (χ1v) is 8.51. The van der Waals surface area contributed by atoms with Crippen LogP contribution < -0.4 is 24.2 Å². The van der Waals surface area contributed by atoms with E-state index in [-0.39, 0.29) is 11.3 Å². The average Bonchev–Trinajstić information content (AvgIpc) is 2.86. The molecule has 0 saturated heterocycles. The summed E-state index contributed by atoms with van der Waals surface area (Å²) in [6, 6.07) is 5.55. The number of hydrogen-bond donors (Lipinski definition) is 1. The summed E-state index contributed by atoms with van der Waals surface area (Å²) in [6.45, 7) is 6.60. The van der Waals surface area contributed by atoms with Crippen LogP contribution in [-0.2, 0) is 4.79 Å². The lowest BCUT2D eigenvalue weighted by molar-refractivity contribution is -0.119. The van der Waals surface area contributed by atoms with Gasteiger partial charge in [0, 0.05) is 11.5 Å². The van der Waals surface area contributed by atoms with Gasteiger partial charge in [-0.2, -0.15) is 0 Å². The van der Waals surface area contributed by atoms with Crippen molar-refractivity contribution < 1.29 is 14.3 Å². The zero-order valence-corrected chi connectivity index (χ0v) is 14.7. The molecule has 1 aliphatic heterocycles. The maximum Gasteiger partial charge on any atom is 0.266 e. The fourth-order valence-electron chi connectivity index (χ4n) is 2.16. The molecule has 0 saturated carbocycles. The third-order valence-corrected chi connectivity index (χ3v) is 4.51. The number of nitrogens with one attached hydrogen (secondary N) is 1. The van der Waals surface area contributed by atoms with Crippen molar-refractivity contribution in [2.75, 3.05) is 13.2 Å². The summed E-state index contributed by atoms with van der Waals surface area (Å²) in [6.07, 6.45) is 3.27. The summed E-state index contributed by atoms with van der Waals surface area (Å²) in [5, 5.41) is 0. The summed E-state index contributed by atoms with van der Waals surface area (Å²) < 4.78 is 12.1. The van der Waals surface area contributed by atoms with Gasteiger partial charge in [0.25, 0.3) is 5.56 Å². The molecule has 1 aromatic carbocycles. The first-order chi connectivity index (χ1) is 11.3. The lowest BCUT2D eigenvalue weighted by Gasteiger charge is -2.18. The van der Waals surface area contributed by atoms with E-state index in [9.17, 15) is 9.59 Å². The summed E-state index contributed by atoms with van der Waals surface area (Å²) in [7, 11) is 0. The van der Waals surface area contributed by atoms with Gasteiger partial charge in [0.2, 0.25) is 0 Å². The van der Waals surface area contributed by atoms with Crippen molar-refractivity contribution in [2.24, 2.45) is 5.41 Å². The van der Waals surface area contributed by atoms with Crippen molar-refractivity contribution in [3.05, 3.63) is 43.3 Å². The van der Waals surface area contributed by atoms with Gasteiger partial charge in [-0.25, -0.2) is 0 Å². The second kappa shape index (κ2) is 6.28. The van der Waals surface area contributed by atoms with Crippen molar-refractivity contribution in [1.82, 2.24) is 4.98 Å². The second-order valence-electron chi connectivity index (χ2n) is 6.59. The van der Waals surface area contributed by atoms with Gasteiger partial charge >= 0.3 is 0 Å². The topological polar surface area (TPSA) is 68.4 Å². The molecule has 126 valence electrons. The predicted octanol–water partition coefficient (Wildman–Crippen LogP) is 1.43. The second-order valence-corrected chi connectivity index (χ2v) is 7.67. The quantitative estimate of drug-likeness (QED) is 0.894. The van der Waals surface area contributed by atoms with Crippen molar-refractivity contribution in [1.29, 1.82) is 0 Å². The molecule has 0 atom stereocenters. The van der Waals surface area contributed by atoms with Crippen LogP contribution in [0.4, 0.5) is 0 Å². The third-order valence-electron chi connectivity index (χ3n) is 3.55. The Labute approximate surface area is 143 Å². The minimum Gasteiger partial charge on any atom is -0.486 e. The van der Waals surface area contributed by atoms with E-state index in [0.29, 0.717) is 33.9 Å². The number of aromatic amines is 1. The van der Waals surface area contributed by atoms with E-state index in [1.807, 2.05) is 39.0 Å². The molecule has 0 fully saturated rings. The van der Waals surface area contributed by atoms with E-state index in [2.05, 4.69) is 4.98 Å². The molecular formula is C18H19NO4S. The van der Waals surface area contributed by atoms with Crippen molar-refractivity contribution >= 4 is 29.3 Å². The van der Waals surface area contributed by atoms with Gasteiger partial charge in [0.1, 0.15) is 13.2 Å². The van der Waals surface area contributed by atoms with E-state index < -0.39 is 5.41 Å². The predicted molar refractivity (Wildman–Crippen MR) is 94.1 cm³/mol. The number of Topliss-reactive ketones (excluding diaryl/α,β-unsaturated/α-hetero) is 1. The minimum absolute atomic E-state index is 0.0223. The fourth-order valence-corrected chi connectivity index (χ4v) is 3.05. The van der Waals surface area contributed by atoms with Crippen LogP contribution in [0.25, 0.3) is 12.2 Å². The Morgan fingerprint density at radius 2 is 1.92 bits per heavy atom. The van der Waals surface area contributed by atoms with Crippen LogP contribution in [0, 0.1) is 5.41 Å². The van der Waals surface area contributed by atoms with Gasteiger partial charge in [-0.3, -0.25) is 9.59 Å². The van der Waals surface area contributed by atoms with Gasteiger partial charge in [-0.15, -0.1) is 11.3 Å². The molecule has 0 amide bonds. The molecule has 2 heterocycles. The standard InChI is InChI=1S/C18H19NO4S/c1-18(2,3)15(20)10-16-19-17(21)14(24-16)9-11-4-5-12-13(8-11)23-7-6-22-12/h4-5,8-10H,6-7H2,1-3H3,(H,19,21). The Morgan fingerprint density at radius 1 is 1.21 bits per heavy atom. The maximum atomic E-state index is 12.1. The Bertz CT molecular complexity index is 947. The largest absolute Gasteiger partial charge is 0.486 e. The van der Waals surface area contributed by atoms with E-state index in [1.165, 1.54) is 17.4 Å². The first kappa shape index (κ1) is 16.5. The molecule has 1 aliphatic rings. The number of thiazole rings is 1. The Kier molecular flexibility index (Phi) is 4.32. The van der Waals surface area contributed by atoms with Crippen molar-refractivity contribution in [3.8, 4) is 11.5 Å². The highest BCUT2D eigenvalue weighted by Crippen LogP contribution is 2.30. The number of rotatable bonds is 2. The number of carbonyl (C=O) groups excluding carboxylic acids is 1. The Morgan fingerprint density at radius 3 is 2.62 bits per heavy atom. The minimum atomic E-state index is -0.472. The van der Waals surface area contributed by atoms with E-state index in [4.69, 9.17) is 9.47 Å². The zero-order valence-electron chi connectivity index (χ0n) is 13.8. The molecule has 5 nitrogen and oxygen atoms in total. The van der Waals surface area contributed by atoms with Crippen LogP contribution in [0.3, 0.4) is 0 Å². The molecule has 1 N–H and O–H groups in total. The number of fused-ring (bicyclic) bond motifs is 1. The van der Waals surface area contributed by atoms with Gasteiger partial charge in [-0.1, -0.05) is 26.8 Å². The highest BCUT2D eigenvalue weighted by atomic mass is 32.1. The number of ether oxygens (including phenoxy) is 2. The highest BCUT2D eigenvalue weighted by molar-refractivity contribution is 7.07. The van der Waals surface area contributed by atoms with Crippen LogP contribution in [0.1, 0.15) is 26.3 Å². The monoisotopic (exact) mass is 345 g/mol. The SMILES string of the molecule is CC(C)(C)C(=O)C=c1[nH]c(=O)c(=Cc2ccc3c(c2)OCCO3)s1.